The van der Waals surface area contributed by atoms with Gasteiger partial charge in [-0.1, -0.05) is 12.1 Å². The van der Waals surface area contributed by atoms with Crippen LogP contribution in [-0.4, -0.2) is 9.55 Å². The van der Waals surface area contributed by atoms with Crippen molar-refractivity contribution in [3.63, 3.8) is 0 Å². The lowest BCUT2D eigenvalue weighted by molar-refractivity contribution is -0.140. The highest BCUT2D eigenvalue weighted by Gasteiger charge is 2.34. The summed E-state index contributed by atoms with van der Waals surface area (Å²) < 4.78 is 52.4. The Hall–Kier alpha value is -1.56. The Morgan fingerprint density at radius 3 is 2.47 bits per heavy atom. The number of aromatic nitrogens is 2. The van der Waals surface area contributed by atoms with E-state index in [0.29, 0.717) is 0 Å². The number of hydrogen-bond donors (Lipinski definition) is 0. The molecule has 0 aliphatic heterocycles. The van der Waals surface area contributed by atoms with E-state index in [9.17, 15) is 17.6 Å². The van der Waals surface area contributed by atoms with Crippen molar-refractivity contribution in [3.05, 3.63) is 41.5 Å². The van der Waals surface area contributed by atoms with Crippen LogP contribution in [0, 0.1) is 5.82 Å². The summed E-state index contributed by atoms with van der Waals surface area (Å²) in [5, 5.41) is 0. The highest BCUT2D eigenvalue weighted by molar-refractivity contribution is 6.17. The summed E-state index contributed by atoms with van der Waals surface area (Å²) in [6.45, 7) is 0. The van der Waals surface area contributed by atoms with E-state index < -0.39 is 17.7 Å². The minimum absolute atomic E-state index is 0.000476. The van der Waals surface area contributed by atoms with Gasteiger partial charge in [0.25, 0.3) is 0 Å². The van der Waals surface area contributed by atoms with Gasteiger partial charge in [0, 0.05) is 24.4 Å². The molecule has 0 spiro atoms. The second-order valence-electron chi connectivity index (χ2n) is 4.00. The molecule has 2 aromatic rings. The molecule has 0 atom stereocenters. The summed E-state index contributed by atoms with van der Waals surface area (Å²) in [5.74, 6) is -0.517. The van der Waals surface area contributed by atoms with Gasteiger partial charge in [0.1, 0.15) is 11.6 Å². The molecule has 102 valence electrons. The molecule has 0 saturated carbocycles. The molecule has 0 radical (unpaired) electrons. The third kappa shape index (κ3) is 2.73. The number of rotatable bonds is 2. The fourth-order valence-electron chi connectivity index (χ4n) is 1.67. The van der Waals surface area contributed by atoms with Crippen molar-refractivity contribution in [1.29, 1.82) is 0 Å². The molecule has 0 unspecified atom stereocenters. The Labute approximate surface area is 111 Å². The predicted octanol–water partition coefficient (Wildman–Crippen LogP) is 3.98. The topological polar surface area (TPSA) is 17.8 Å². The average Bonchev–Trinajstić information content (AvgIpc) is 2.71. The van der Waals surface area contributed by atoms with Crippen LogP contribution in [0.15, 0.2) is 24.4 Å². The van der Waals surface area contributed by atoms with E-state index in [1.165, 1.54) is 23.7 Å². The average molecular weight is 293 g/mol. The van der Waals surface area contributed by atoms with Crippen LogP contribution in [0.1, 0.15) is 11.3 Å². The fourth-order valence-corrected chi connectivity index (χ4v) is 1.88. The van der Waals surface area contributed by atoms with Crippen molar-refractivity contribution in [2.75, 3.05) is 0 Å². The van der Waals surface area contributed by atoms with E-state index >= 15 is 0 Å². The molecule has 0 N–H and O–H groups in total. The van der Waals surface area contributed by atoms with Gasteiger partial charge in [-0.2, -0.15) is 13.2 Å². The van der Waals surface area contributed by atoms with Gasteiger partial charge in [0.15, 0.2) is 5.69 Å². The van der Waals surface area contributed by atoms with Crippen molar-refractivity contribution >= 4 is 11.6 Å². The van der Waals surface area contributed by atoms with Crippen molar-refractivity contribution in [2.45, 2.75) is 12.1 Å². The second-order valence-corrected chi connectivity index (χ2v) is 4.27. The van der Waals surface area contributed by atoms with Crippen LogP contribution in [0.3, 0.4) is 0 Å². The van der Waals surface area contributed by atoms with E-state index in [1.54, 1.807) is 0 Å². The van der Waals surface area contributed by atoms with Crippen LogP contribution in [0.25, 0.3) is 11.4 Å². The Kier molecular flexibility index (Phi) is 3.54. The largest absolute Gasteiger partial charge is 0.434 e. The van der Waals surface area contributed by atoms with Gasteiger partial charge < -0.3 is 4.57 Å². The minimum Gasteiger partial charge on any atom is -0.333 e. The predicted molar refractivity (Wildman–Crippen MR) is 63.2 cm³/mol. The van der Waals surface area contributed by atoms with Gasteiger partial charge in [-0.05, 0) is 6.07 Å². The maximum atomic E-state index is 13.6. The van der Waals surface area contributed by atoms with Crippen LogP contribution in [-0.2, 0) is 19.1 Å². The van der Waals surface area contributed by atoms with E-state index in [1.807, 2.05) is 0 Å². The van der Waals surface area contributed by atoms with Crippen LogP contribution < -0.4 is 0 Å². The number of alkyl halides is 4. The number of imidazole rings is 1. The molecule has 7 heteroatoms. The Morgan fingerprint density at radius 1 is 1.32 bits per heavy atom. The minimum atomic E-state index is -4.52. The monoisotopic (exact) mass is 292 g/mol. The van der Waals surface area contributed by atoms with Crippen LogP contribution in [0.2, 0.25) is 0 Å². The molecular formula is C12H9ClF4N2. The van der Waals surface area contributed by atoms with Gasteiger partial charge in [0.05, 0.1) is 5.88 Å². The quantitative estimate of drug-likeness (QED) is 0.604. The standard InChI is InChI=1S/C12H9ClF4N2/c1-19-6-10(12(15,16)17)18-11(19)7-2-3-8(5-13)9(14)4-7/h2-4,6H,5H2,1H3. The van der Waals surface area contributed by atoms with E-state index in [0.717, 1.165) is 12.3 Å². The van der Waals surface area contributed by atoms with E-state index in [4.69, 9.17) is 11.6 Å². The van der Waals surface area contributed by atoms with E-state index in [-0.39, 0.29) is 22.8 Å². The second kappa shape index (κ2) is 4.85. The molecule has 2 rings (SSSR count). The summed E-state index contributed by atoms with van der Waals surface area (Å²) in [7, 11) is 1.42. The molecule has 1 aromatic carbocycles. The molecule has 2 nitrogen and oxygen atoms in total. The van der Waals surface area contributed by atoms with Crippen LogP contribution in [0.4, 0.5) is 17.6 Å². The first-order valence-electron chi connectivity index (χ1n) is 5.28. The number of hydrogen-bond acceptors (Lipinski definition) is 1. The van der Waals surface area contributed by atoms with Crippen molar-refractivity contribution in [3.8, 4) is 11.4 Å². The summed E-state index contributed by atoms with van der Waals surface area (Å²) in [6.07, 6.45) is -3.66. The summed E-state index contributed by atoms with van der Waals surface area (Å²) >= 11 is 5.52. The number of benzene rings is 1. The zero-order valence-electron chi connectivity index (χ0n) is 9.80. The molecule has 1 heterocycles. The normalized spacial score (nSPS) is 11.9. The molecule has 1 aromatic heterocycles. The summed E-state index contributed by atoms with van der Waals surface area (Å²) in [4.78, 5) is 3.49. The highest BCUT2D eigenvalue weighted by atomic mass is 35.5. The van der Waals surface area contributed by atoms with Crippen LogP contribution >= 0.6 is 11.6 Å². The zero-order chi connectivity index (χ0) is 14.2. The smallest absolute Gasteiger partial charge is 0.333 e. The fraction of sp³-hybridized carbons (Fsp3) is 0.250. The van der Waals surface area contributed by atoms with Crippen molar-refractivity contribution in [1.82, 2.24) is 9.55 Å². The lowest BCUT2D eigenvalue weighted by Gasteiger charge is -2.04. The first kappa shape index (κ1) is 13.9. The number of halogens is 5. The lowest BCUT2D eigenvalue weighted by atomic mass is 10.1. The van der Waals surface area contributed by atoms with Gasteiger partial charge in [-0.15, -0.1) is 11.6 Å². The molecule has 19 heavy (non-hydrogen) atoms. The number of nitrogens with zero attached hydrogens (tertiary/aromatic N) is 2. The van der Waals surface area contributed by atoms with E-state index in [2.05, 4.69) is 4.98 Å². The molecule has 0 aliphatic carbocycles. The molecular weight excluding hydrogens is 284 g/mol. The number of aryl methyl sites for hydroxylation is 1. The molecule has 0 fully saturated rings. The summed E-state index contributed by atoms with van der Waals surface area (Å²) in [5.41, 5.74) is -0.452. The van der Waals surface area contributed by atoms with Gasteiger partial charge in [-0.25, -0.2) is 9.37 Å². The third-order valence-corrected chi connectivity index (χ3v) is 2.91. The Balaban J connectivity index is 2.48. The molecule has 0 aliphatic rings. The Morgan fingerprint density at radius 2 is 2.00 bits per heavy atom. The first-order chi connectivity index (χ1) is 8.82. The molecule has 0 bridgehead atoms. The molecule has 0 saturated heterocycles. The van der Waals surface area contributed by atoms with Crippen LogP contribution in [0.5, 0.6) is 0 Å². The zero-order valence-corrected chi connectivity index (χ0v) is 10.6. The third-order valence-electron chi connectivity index (χ3n) is 2.62. The molecule has 0 amide bonds. The lowest BCUT2D eigenvalue weighted by Crippen LogP contribution is -2.04. The van der Waals surface area contributed by atoms with Crippen molar-refractivity contribution in [2.24, 2.45) is 7.05 Å². The summed E-state index contributed by atoms with van der Waals surface area (Å²) in [6, 6.07) is 4.04. The SMILES string of the molecule is Cn1cc(C(F)(F)F)nc1-c1ccc(CCl)c(F)c1. The van der Waals surface area contributed by atoms with Gasteiger partial charge in [0.2, 0.25) is 0 Å². The maximum absolute atomic E-state index is 13.6. The first-order valence-corrected chi connectivity index (χ1v) is 5.81. The maximum Gasteiger partial charge on any atom is 0.434 e. The van der Waals surface area contributed by atoms with Gasteiger partial charge >= 0.3 is 6.18 Å². The van der Waals surface area contributed by atoms with Crippen molar-refractivity contribution < 1.29 is 17.6 Å². The van der Waals surface area contributed by atoms with Gasteiger partial charge in [-0.3, -0.25) is 0 Å². The highest BCUT2D eigenvalue weighted by Crippen LogP contribution is 2.31. The Bertz CT molecular complexity index is 604.